The van der Waals surface area contributed by atoms with Crippen molar-refractivity contribution in [1.29, 1.82) is 0 Å². The van der Waals surface area contributed by atoms with E-state index in [-0.39, 0.29) is 12.5 Å². The smallest absolute Gasteiger partial charge is 0.408 e. The lowest BCUT2D eigenvalue weighted by Crippen LogP contribution is -2.52. The average Bonchev–Trinajstić information content (AvgIpc) is 3.40. The third-order valence-electron chi connectivity index (χ3n) is 5.87. The predicted octanol–water partition coefficient (Wildman–Crippen LogP) is 5.37. The SMILES string of the molecule is Cc1ccc(COC(=O)N[C@@H](CC(C)C)C(=O)NNC(=O)c2csc(-c3cccc4ccccc34)c2)cn1. The molecule has 2 aromatic carbocycles. The van der Waals surface area contributed by atoms with E-state index in [1.165, 1.54) is 11.3 Å². The number of nitrogens with zero attached hydrogens (tertiary/aromatic N) is 1. The molecule has 3 N–H and O–H groups in total. The highest BCUT2D eigenvalue weighted by atomic mass is 32.1. The van der Waals surface area contributed by atoms with Crippen LogP contribution in [0, 0.1) is 12.8 Å². The van der Waals surface area contributed by atoms with Crippen LogP contribution >= 0.6 is 11.3 Å². The zero-order chi connectivity index (χ0) is 27.1. The summed E-state index contributed by atoms with van der Waals surface area (Å²) in [6.07, 6.45) is 1.27. The molecule has 4 rings (SSSR count). The second kappa shape index (κ2) is 12.3. The number of hydrogen-bond acceptors (Lipinski definition) is 6. The fraction of sp³-hybridized carbons (Fsp3) is 0.241. The minimum atomic E-state index is -0.882. The van der Waals surface area contributed by atoms with Crippen LogP contribution < -0.4 is 16.2 Å². The minimum absolute atomic E-state index is 0.0308. The molecule has 1 atom stereocenters. The summed E-state index contributed by atoms with van der Waals surface area (Å²) >= 11 is 1.46. The number of rotatable bonds is 8. The van der Waals surface area contributed by atoms with Gasteiger partial charge in [0.05, 0.1) is 5.56 Å². The molecule has 9 heteroatoms. The van der Waals surface area contributed by atoms with Crippen LogP contribution in [0.15, 0.2) is 72.2 Å². The number of carbonyl (C=O) groups is 3. The quantitative estimate of drug-likeness (QED) is 0.265. The first-order valence-electron chi connectivity index (χ1n) is 12.3. The number of aryl methyl sites for hydroxylation is 1. The molecule has 4 aromatic rings. The van der Waals surface area contributed by atoms with E-state index in [0.29, 0.717) is 12.0 Å². The number of benzene rings is 2. The fourth-order valence-corrected chi connectivity index (χ4v) is 4.86. The molecule has 0 unspecified atom stereocenters. The van der Waals surface area contributed by atoms with E-state index in [1.807, 2.05) is 69.3 Å². The summed E-state index contributed by atoms with van der Waals surface area (Å²) < 4.78 is 5.24. The Bertz CT molecular complexity index is 1430. The number of alkyl carbamates (subject to hydrolysis) is 1. The highest BCUT2D eigenvalue weighted by Crippen LogP contribution is 2.33. The number of amides is 3. The normalized spacial score (nSPS) is 11.7. The molecule has 38 heavy (non-hydrogen) atoms. The summed E-state index contributed by atoms with van der Waals surface area (Å²) in [6.45, 7) is 5.77. The van der Waals surface area contributed by atoms with Crippen LogP contribution in [0.4, 0.5) is 4.79 Å². The first kappa shape index (κ1) is 26.8. The molecule has 0 saturated heterocycles. The Morgan fingerprint density at radius 1 is 1.00 bits per heavy atom. The molecule has 8 nitrogen and oxygen atoms in total. The molecule has 0 bridgehead atoms. The van der Waals surface area contributed by atoms with Crippen molar-refractivity contribution < 1.29 is 19.1 Å². The number of hydrogen-bond donors (Lipinski definition) is 3. The van der Waals surface area contributed by atoms with Gasteiger partial charge in [-0.2, -0.15) is 0 Å². The van der Waals surface area contributed by atoms with Crippen molar-refractivity contribution in [2.75, 3.05) is 0 Å². The van der Waals surface area contributed by atoms with Crippen molar-refractivity contribution in [3.05, 3.63) is 89.1 Å². The highest BCUT2D eigenvalue weighted by molar-refractivity contribution is 7.14. The summed E-state index contributed by atoms with van der Waals surface area (Å²) in [5.74, 6) is -0.868. The Morgan fingerprint density at radius 3 is 2.55 bits per heavy atom. The Labute approximate surface area is 225 Å². The summed E-state index contributed by atoms with van der Waals surface area (Å²) in [7, 11) is 0. The maximum Gasteiger partial charge on any atom is 0.408 e. The molecule has 2 aromatic heterocycles. The molecule has 3 amide bonds. The standard InChI is InChI=1S/C29H30N4O4S/c1-18(2)13-25(31-29(36)37-16-20-12-11-19(3)30-15-20)28(35)33-32-27(34)22-14-26(38-17-22)24-10-6-8-21-7-4-5-9-23(21)24/h4-12,14-15,17-18,25H,13,16H2,1-3H3,(H,31,36)(H,32,34)(H,33,35)/t25-/m0/s1. The van der Waals surface area contributed by atoms with Crippen LogP contribution in [-0.4, -0.2) is 28.9 Å². The number of hydrazine groups is 1. The van der Waals surface area contributed by atoms with E-state index >= 15 is 0 Å². The maximum atomic E-state index is 12.8. The zero-order valence-corrected chi connectivity index (χ0v) is 22.3. The number of pyridine rings is 1. The van der Waals surface area contributed by atoms with Crippen LogP contribution in [-0.2, 0) is 16.1 Å². The molecule has 196 valence electrons. The summed E-state index contributed by atoms with van der Waals surface area (Å²) in [5.41, 5.74) is 7.96. The number of carbonyl (C=O) groups excluding carboxylic acids is 3. The van der Waals surface area contributed by atoms with E-state index in [9.17, 15) is 14.4 Å². The lowest BCUT2D eigenvalue weighted by Gasteiger charge is -2.20. The molecule has 0 spiro atoms. The van der Waals surface area contributed by atoms with Crippen LogP contribution in [0.1, 0.15) is 41.9 Å². The van der Waals surface area contributed by atoms with Gasteiger partial charge in [0.25, 0.3) is 11.8 Å². The Morgan fingerprint density at radius 2 is 1.79 bits per heavy atom. The summed E-state index contributed by atoms with van der Waals surface area (Å²) in [5, 5.41) is 6.56. The number of ether oxygens (including phenoxy) is 1. The Kier molecular flexibility index (Phi) is 8.70. The molecule has 0 aliphatic heterocycles. The first-order valence-corrected chi connectivity index (χ1v) is 13.2. The second-order valence-corrected chi connectivity index (χ2v) is 10.3. The van der Waals surface area contributed by atoms with Crippen molar-refractivity contribution in [1.82, 2.24) is 21.2 Å². The molecule has 0 fully saturated rings. The molecular weight excluding hydrogens is 500 g/mol. The number of aromatic nitrogens is 1. The summed E-state index contributed by atoms with van der Waals surface area (Å²) in [4.78, 5) is 43.1. The number of nitrogens with one attached hydrogen (secondary N) is 3. The van der Waals surface area contributed by atoms with Crippen molar-refractivity contribution in [3.8, 4) is 10.4 Å². The van der Waals surface area contributed by atoms with E-state index in [0.717, 1.165) is 32.5 Å². The predicted molar refractivity (Wildman–Crippen MR) is 148 cm³/mol. The van der Waals surface area contributed by atoms with Gasteiger partial charge in [0.1, 0.15) is 12.6 Å². The van der Waals surface area contributed by atoms with Gasteiger partial charge < -0.3 is 10.1 Å². The number of fused-ring (bicyclic) bond motifs is 1. The number of thiophene rings is 1. The van der Waals surface area contributed by atoms with E-state index in [2.05, 4.69) is 27.2 Å². The van der Waals surface area contributed by atoms with Crippen molar-refractivity contribution in [2.45, 2.75) is 39.8 Å². The van der Waals surface area contributed by atoms with Crippen LogP contribution in [0.5, 0.6) is 0 Å². The van der Waals surface area contributed by atoms with Gasteiger partial charge in [0, 0.05) is 27.7 Å². The third-order valence-corrected chi connectivity index (χ3v) is 6.84. The first-order chi connectivity index (χ1) is 18.3. The lowest BCUT2D eigenvalue weighted by molar-refractivity contribution is -0.124. The highest BCUT2D eigenvalue weighted by Gasteiger charge is 2.23. The molecule has 0 aliphatic carbocycles. The van der Waals surface area contributed by atoms with Gasteiger partial charge >= 0.3 is 6.09 Å². The van der Waals surface area contributed by atoms with Gasteiger partial charge in [-0.1, -0.05) is 62.4 Å². The van der Waals surface area contributed by atoms with Crippen molar-refractivity contribution in [2.24, 2.45) is 5.92 Å². The molecule has 0 aliphatic rings. The van der Waals surface area contributed by atoms with Crippen LogP contribution in [0.3, 0.4) is 0 Å². The molecular formula is C29H30N4O4S. The van der Waals surface area contributed by atoms with E-state index in [1.54, 1.807) is 17.6 Å². The van der Waals surface area contributed by atoms with E-state index < -0.39 is 23.9 Å². The molecule has 0 radical (unpaired) electrons. The van der Waals surface area contributed by atoms with E-state index in [4.69, 9.17) is 4.74 Å². The van der Waals surface area contributed by atoms with Gasteiger partial charge in [-0.25, -0.2) is 4.79 Å². The monoisotopic (exact) mass is 530 g/mol. The molecule has 0 saturated carbocycles. The Balaban J connectivity index is 1.34. The lowest BCUT2D eigenvalue weighted by atomic mass is 10.0. The van der Waals surface area contributed by atoms with Gasteiger partial charge in [0.2, 0.25) is 0 Å². The zero-order valence-electron chi connectivity index (χ0n) is 21.5. The van der Waals surface area contributed by atoms with Gasteiger partial charge in [-0.3, -0.25) is 25.4 Å². The fourth-order valence-electron chi connectivity index (χ4n) is 3.93. The van der Waals surface area contributed by atoms with Gasteiger partial charge in [-0.05, 0) is 47.7 Å². The Hall–Kier alpha value is -4.24. The maximum absolute atomic E-state index is 12.8. The molecule has 2 heterocycles. The van der Waals surface area contributed by atoms with Crippen molar-refractivity contribution >= 4 is 40.0 Å². The van der Waals surface area contributed by atoms with Crippen LogP contribution in [0.25, 0.3) is 21.2 Å². The van der Waals surface area contributed by atoms with Gasteiger partial charge in [-0.15, -0.1) is 11.3 Å². The third kappa shape index (κ3) is 6.95. The largest absolute Gasteiger partial charge is 0.445 e. The average molecular weight is 531 g/mol. The summed E-state index contributed by atoms with van der Waals surface area (Å²) in [6, 6.07) is 18.7. The minimum Gasteiger partial charge on any atom is -0.445 e. The second-order valence-electron chi connectivity index (χ2n) is 9.38. The van der Waals surface area contributed by atoms with Gasteiger partial charge in [0.15, 0.2) is 0 Å². The van der Waals surface area contributed by atoms with Crippen molar-refractivity contribution in [3.63, 3.8) is 0 Å². The topological polar surface area (TPSA) is 109 Å². The van der Waals surface area contributed by atoms with Crippen LogP contribution in [0.2, 0.25) is 0 Å².